The molecule has 0 bridgehead atoms. The highest BCUT2D eigenvalue weighted by molar-refractivity contribution is 6.44. The molecule has 1 amide bonds. The van der Waals surface area contributed by atoms with E-state index in [1.165, 1.54) is 5.56 Å². The van der Waals surface area contributed by atoms with Crippen molar-refractivity contribution >= 4 is 47.2 Å². The fourth-order valence-corrected chi connectivity index (χ4v) is 5.91. The number of nitrogens with two attached hydrogens (primary N) is 1. The standard InChI is InChI=1S/C28H29Cl2N3O.ClH/c1-2-3-8-20-24(28(31)34)21-16-17-7-4-5-9-18(17)23(21)25(19-10-6-11-22(29)26(19)30)27(20)33-14-12-32-13-15-33;/h4-7,9-11,32H,2-3,8,12-16H2,1H3,(H2,31,34);1H. The summed E-state index contributed by atoms with van der Waals surface area (Å²) in [6.45, 7) is 5.64. The number of unbranched alkanes of at least 4 members (excludes halogenated alkanes) is 1. The van der Waals surface area contributed by atoms with Crippen LogP contribution < -0.4 is 16.0 Å². The van der Waals surface area contributed by atoms with Crippen LogP contribution in [0.15, 0.2) is 42.5 Å². The lowest BCUT2D eigenvalue weighted by molar-refractivity contribution is 0.0998. The monoisotopic (exact) mass is 529 g/mol. The first-order valence-electron chi connectivity index (χ1n) is 12.0. The first-order valence-corrected chi connectivity index (χ1v) is 12.8. The van der Waals surface area contributed by atoms with Gasteiger partial charge >= 0.3 is 0 Å². The van der Waals surface area contributed by atoms with E-state index >= 15 is 0 Å². The van der Waals surface area contributed by atoms with Crippen LogP contribution in [-0.2, 0) is 12.8 Å². The molecule has 3 N–H and O–H groups in total. The molecule has 3 aromatic rings. The molecule has 0 atom stereocenters. The molecule has 1 aliphatic heterocycles. The maximum absolute atomic E-state index is 13.0. The van der Waals surface area contributed by atoms with E-state index in [2.05, 4.69) is 41.4 Å². The Balaban J connectivity index is 0.00000289. The lowest BCUT2D eigenvalue weighted by Crippen LogP contribution is -2.44. The molecule has 7 heteroatoms. The van der Waals surface area contributed by atoms with Crippen LogP contribution >= 0.6 is 35.6 Å². The summed E-state index contributed by atoms with van der Waals surface area (Å²) in [6.07, 6.45) is 3.50. The van der Waals surface area contributed by atoms with Gasteiger partial charge in [-0.2, -0.15) is 0 Å². The molecule has 0 saturated carbocycles. The summed E-state index contributed by atoms with van der Waals surface area (Å²) in [5.74, 6) is -0.352. The van der Waals surface area contributed by atoms with Gasteiger partial charge in [-0.05, 0) is 53.1 Å². The van der Waals surface area contributed by atoms with E-state index in [1.54, 1.807) is 0 Å². The number of carbonyl (C=O) groups excluding carboxylic acids is 1. The zero-order chi connectivity index (χ0) is 23.8. The molecule has 0 radical (unpaired) electrons. The SMILES string of the molecule is CCCCc1c(C(N)=O)c2c(c(-c3cccc(Cl)c3Cl)c1N1CCNCC1)-c1ccccc1C2.Cl. The van der Waals surface area contributed by atoms with Gasteiger partial charge in [0, 0.05) is 48.6 Å². The van der Waals surface area contributed by atoms with E-state index in [9.17, 15) is 4.79 Å². The number of halogens is 3. The lowest BCUT2D eigenvalue weighted by atomic mass is 9.83. The zero-order valence-corrected chi connectivity index (χ0v) is 22.1. The number of nitrogens with zero attached hydrogens (tertiary/aromatic N) is 1. The van der Waals surface area contributed by atoms with Crippen molar-refractivity contribution in [3.05, 3.63) is 74.8 Å². The second kappa shape index (κ2) is 10.8. The molecule has 3 aromatic carbocycles. The van der Waals surface area contributed by atoms with Crippen LogP contribution in [0.4, 0.5) is 5.69 Å². The number of anilines is 1. The van der Waals surface area contributed by atoms with E-state index in [1.807, 2.05) is 18.2 Å². The van der Waals surface area contributed by atoms with E-state index in [0.29, 0.717) is 22.0 Å². The Morgan fingerprint density at radius 3 is 2.46 bits per heavy atom. The third-order valence-electron chi connectivity index (χ3n) is 7.01. The van der Waals surface area contributed by atoms with Gasteiger partial charge in [0.2, 0.25) is 5.91 Å². The summed E-state index contributed by atoms with van der Waals surface area (Å²) in [4.78, 5) is 15.4. The normalized spacial score (nSPS) is 14.3. The molecule has 1 saturated heterocycles. The summed E-state index contributed by atoms with van der Waals surface area (Å²) < 4.78 is 0. The summed E-state index contributed by atoms with van der Waals surface area (Å²) in [5.41, 5.74) is 15.4. The van der Waals surface area contributed by atoms with Gasteiger partial charge in [-0.15, -0.1) is 12.4 Å². The average molecular weight is 531 g/mol. The number of nitrogens with one attached hydrogen (secondary N) is 1. The van der Waals surface area contributed by atoms with Crippen molar-refractivity contribution in [3.8, 4) is 22.3 Å². The van der Waals surface area contributed by atoms with E-state index in [0.717, 1.165) is 84.5 Å². The summed E-state index contributed by atoms with van der Waals surface area (Å²) in [7, 11) is 0. The molecule has 5 rings (SSSR count). The van der Waals surface area contributed by atoms with Crippen LogP contribution in [0.1, 0.15) is 46.8 Å². The van der Waals surface area contributed by atoms with Crippen LogP contribution in [0.25, 0.3) is 22.3 Å². The molecule has 0 aromatic heterocycles. The van der Waals surface area contributed by atoms with Gasteiger partial charge in [-0.1, -0.05) is 72.9 Å². The maximum atomic E-state index is 13.0. The average Bonchev–Trinajstić information content (AvgIpc) is 3.22. The first-order chi connectivity index (χ1) is 16.5. The number of hydrogen-bond acceptors (Lipinski definition) is 3. The number of amides is 1. The smallest absolute Gasteiger partial charge is 0.249 e. The largest absolute Gasteiger partial charge is 0.368 e. The quantitative estimate of drug-likeness (QED) is 0.299. The van der Waals surface area contributed by atoms with Crippen LogP contribution in [0, 0.1) is 0 Å². The number of piperazine rings is 1. The van der Waals surface area contributed by atoms with Crippen molar-refractivity contribution in [1.82, 2.24) is 5.32 Å². The minimum absolute atomic E-state index is 0. The fourth-order valence-electron chi connectivity index (χ4n) is 5.52. The van der Waals surface area contributed by atoms with Crippen molar-refractivity contribution in [3.63, 3.8) is 0 Å². The minimum atomic E-state index is -0.352. The fraction of sp³-hybridized carbons (Fsp3) is 0.321. The van der Waals surface area contributed by atoms with Crippen molar-refractivity contribution in [2.24, 2.45) is 5.73 Å². The number of fused-ring (bicyclic) bond motifs is 3. The number of hydrogen-bond donors (Lipinski definition) is 2. The molecule has 4 nitrogen and oxygen atoms in total. The number of rotatable bonds is 6. The van der Waals surface area contributed by atoms with Crippen molar-refractivity contribution in [1.29, 1.82) is 0 Å². The highest BCUT2D eigenvalue weighted by atomic mass is 35.5. The molecule has 0 unspecified atom stereocenters. The summed E-state index contributed by atoms with van der Waals surface area (Å²) >= 11 is 13.4. The van der Waals surface area contributed by atoms with Gasteiger partial charge in [-0.25, -0.2) is 0 Å². The van der Waals surface area contributed by atoms with Crippen LogP contribution in [0.3, 0.4) is 0 Å². The van der Waals surface area contributed by atoms with Gasteiger partial charge in [0.05, 0.1) is 10.0 Å². The molecule has 35 heavy (non-hydrogen) atoms. The lowest BCUT2D eigenvalue weighted by Gasteiger charge is -2.35. The minimum Gasteiger partial charge on any atom is -0.368 e. The molecule has 184 valence electrons. The molecular weight excluding hydrogens is 501 g/mol. The van der Waals surface area contributed by atoms with Gasteiger partial charge in [-0.3, -0.25) is 4.79 Å². The van der Waals surface area contributed by atoms with Gasteiger partial charge in [0.15, 0.2) is 0 Å². The first kappa shape index (κ1) is 25.8. The topological polar surface area (TPSA) is 58.4 Å². The predicted molar refractivity (Wildman–Crippen MR) is 150 cm³/mol. The van der Waals surface area contributed by atoms with E-state index in [4.69, 9.17) is 28.9 Å². The van der Waals surface area contributed by atoms with Gasteiger partial charge in [0.1, 0.15) is 0 Å². The van der Waals surface area contributed by atoms with E-state index < -0.39 is 0 Å². The number of primary amides is 1. The molecular formula is C28H30Cl3N3O. The number of benzene rings is 3. The van der Waals surface area contributed by atoms with Crippen molar-refractivity contribution in [2.75, 3.05) is 31.1 Å². The van der Waals surface area contributed by atoms with Crippen molar-refractivity contribution < 1.29 is 4.79 Å². The van der Waals surface area contributed by atoms with Crippen LogP contribution in [-0.4, -0.2) is 32.1 Å². The second-order valence-corrected chi connectivity index (χ2v) is 9.86. The molecule has 1 heterocycles. The van der Waals surface area contributed by atoms with Crippen LogP contribution in [0.5, 0.6) is 0 Å². The molecule has 2 aliphatic rings. The summed E-state index contributed by atoms with van der Waals surface area (Å²) in [6, 6.07) is 14.2. The van der Waals surface area contributed by atoms with Crippen molar-refractivity contribution in [2.45, 2.75) is 32.6 Å². The van der Waals surface area contributed by atoms with Gasteiger partial charge < -0.3 is 16.0 Å². The Bertz CT molecular complexity index is 1270. The number of carbonyl (C=O) groups is 1. The maximum Gasteiger partial charge on any atom is 0.249 e. The Kier molecular flexibility index (Phi) is 7.97. The third-order valence-corrected chi connectivity index (χ3v) is 7.83. The second-order valence-electron chi connectivity index (χ2n) is 9.07. The van der Waals surface area contributed by atoms with Gasteiger partial charge in [0.25, 0.3) is 0 Å². The van der Waals surface area contributed by atoms with Crippen LogP contribution in [0.2, 0.25) is 10.0 Å². The third kappa shape index (κ3) is 4.53. The molecule has 1 fully saturated rings. The highest BCUT2D eigenvalue weighted by Crippen LogP contribution is 2.53. The molecule has 0 spiro atoms. The highest BCUT2D eigenvalue weighted by Gasteiger charge is 2.34. The Labute approximate surface area is 223 Å². The molecule has 1 aliphatic carbocycles. The Morgan fingerprint density at radius 1 is 1.03 bits per heavy atom. The zero-order valence-electron chi connectivity index (χ0n) is 19.8. The predicted octanol–water partition coefficient (Wildman–Crippen LogP) is 6.50. The summed E-state index contributed by atoms with van der Waals surface area (Å²) in [5, 5.41) is 4.52. The Morgan fingerprint density at radius 2 is 1.74 bits per heavy atom. The Hall–Kier alpha value is -2.24. The van der Waals surface area contributed by atoms with E-state index in [-0.39, 0.29) is 18.3 Å².